The van der Waals surface area contributed by atoms with Crippen LogP contribution in [0.25, 0.3) is 0 Å². The summed E-state index contributed by atoms with van der Waals surface area (Å²) in [5.41, 5.74) is 0.430. The molecule has 0 aliphatic heterocycles. The second-order valence-corrected chi connectivity index (χ2v) is 7.00. The van der Waals surface area contributed by atoms with Crippen LogP contribution in [0, 0.1) is 11.3 Å². The van der Waals surface area contributed by atoms with E-state index in [1.807, 2.05) is 0 Å². The van der Waals surface area contributed by atoms with Gasteiger partial charge in [-0.05, 0) is 56.9 Å². The van der Waals surface area contributed by atoms with Crippen molar-refractivity contribution in [3.63, 3.8) is 0 Å². The summed E-state index contributed by atoms with van der Waals surface area (Å²) < 4.78 is 6.29. The Morgan fingerprint density at radius 1 is 1.06 bits per heavy atom. The molecule has 2 fully saturated rings. The minimum Gasteiger partial charge on any atom is -0.373 e. The lowest BCUT2D eigenvalue weighted by atomic mass is 9.70. The first-order chi connectivity index (χ1) is 8.00. The Bertz CT molecular complexity index is 242. The van der Waals surface area contributed by atoms with E-state index in [0.717, 1.165) is 5.92 Å². The molecule has 0 radical (unpaired) electrons. The predicted octanol–water partition coefficient (Wildman–Crippen LogP) is 3.36. The van der Waals surface area contributed by atoms with Crippen molar-refractivity contribution in [3.05, 3.63) is 0 Å². The van der Waals surface area contributed by atoms with Gasteiger partial charge in [0.2, 0.25) is 0 Å². The first-order valence-electron chi connectivity index (χ1n) is 7.33. The molecule has 0 aromatic rings. The molecule has 100 valence electrons. The van der Waals surface area contributed by atoms with Crippen LogP contribution in [0.4, 0.5) is 0 Å². The molecule has 0 bridgehead atoms. The van der Waals surface area contributed by atoms with Crippen LogP contribution < -0.4 is 5.32 Å². The number of rotatable bonds is 3. The van der Waals surface area contributed by atoms with Gasteiger partial charge in [-0.2, -0.15) is 0 Å². The predicted molar refractivity (Wildman–Crippen MR) is 72.2 cm³/mol. The average Bonchev–Trinajstić information content (AvgIpc) is 2.22. The van der Waals surface area contributed by atoms with Gasteiger partial charge < -0.3 is 10.1 Å². The quantitative estimate of drug-likeness (QED) is 0.815. The second-order valence-electron chi connectivity index (χ2n) is 7.00. The molecule has 1 N–H and O–H groups in total. The Labute approximate surface area is 107 Å². The Morgan fingerprint density at radius 3 is 2.24 bits per heavy atom. The summed E-state index contributed by atoms with van der Waals surface area (Å²) in [6.45, 7) is 7.12. The molecule has 0 aromatic carbocycles. The van der Waals surface area contributed by atoms with Crippen molar-refractivity contribution in [2.24, 2.45) is 11.3 Å². The molecule has 2 aliphatic rings. The molecule has 0 amide bonds. The van der Waals surface area contributed by atoms with Crippen molar-refractivity contribution >= 4 is 0 Å². The normalized spacial score (nSPS) is 35.6. The summed E-state index contributed by atoms with van der Waals surface area (Å²) in [5, 5.41) is 3.45. The van der Waals surface area contributed by atoms with Crippen molar-refractivity contribution in [2.45, 2.75) is 77.5 Å². The molecule has 0 heterocycles. The minimum atomic E-state index is 0.430. The van der Waals surface area contributed by atoms with Crippen LogP contribution in [0.3, 0.4) is 0 Å². The SMILES string of the molecule is CNC1CCC(C(C)(C)C)CC1OC1CCC1. The summed E-state index contributed by atoms with van der Waals surface area (Å²) in [6.07, 6.45) is 8.81. The third-order valence-electron chi connectivity index (χ3n) is 4.81. The molecule has 2 heteroatoms. The molecule has 3 atom stereocenters. The highest BCUT2D eigenvalue weighted by atomic mass is 16.5. The van der Waals surface area contributed by atoms with E-state index in [1.54, 1.807) is 0 Å². The zero-order valence-corrected chi connectivity index (χ0v) is 12.0. The van der Waals surface area contributed by atoms with E-state index in [9.17, 15) is 0 Å². The molecule has 0 saturated heterocycles. The Hall–Kier alpha value is -0.0800. The fraction of sp³-hybridized carbons (Fsp3) is 1.00. The summed E-state index contributed by atoms with van der Waals surface area (Å²) in [7, 11) is 2.08. The van der Waals surface area contributed by atoms with Crippen LogP contribution in [-0.2, 0) is 4.74 Å². The van der Waals surface area contributed by atoms with E-state index < -0.39 is 0 Å². The van der Waals surface area contributed by atoms with E-state index >= 15 is 0 Å². The second kappa shape index (κ2) is 5.27. The lowest BCUT2D eigenvalue weighted by molar-refractivity contribution is -0.0939. The number of nitrogens with one attached hydrogen (secondary N) is 1. The number of ether oxygens (including phenoxy) is 1. The van der Waals surface area contributed by atoms with Gasteiger partial charge in [0, 0.05) is 6.04 Å². The fourth-order valence-electron chi connectivity index (χ4n) is 3.15. The first kappa shape index (κ1) is 13.4. The van der Waals surface area contributed by atoms with Gasteiger partial charge >= 0.3 is 0 Å². The molecule has 3 unspecified atom stereocenters. The summed E-state index contributed by atoms with van der Waals surface area (Å²) in [4.78, 5) is 0. The first-order valence-corrected chi connectivity index (χ1v) is 7.33. The van der Waals surface area contributed by atoms with Crippen LogP contribution in [0.5, 0.6) is 0 Å². The smallest absolute Gasteiger partial charge is 0.0734 e. The van der Waals surface area contributed by atoms with Gasteiger partial charge in [-0.3, -0.25) is 0 Å². The molecule has 2 aliphatic carbocycles. The van der Waals surface area contributed by atoms with Crippen molar-refractivity contribution in [1.29, 1.82) is 0 Å². The summed E-state index contributed by atoms with van der Waals surface area (Å²) in [5.74, 6) is 0.817. The number of hydrogen-bond donors (Lipinski definition) is 1. The topological polar surface area (TPSA) is 21.3 Å². The molecule has 0 spiro atoms. The molecule has 0 aromatic heterocycles. The van der Waals surface area contributed by atoms with Crippen molar-refractivity contribution in [2.75, 3.05) is 7.05 Å². The van der Waals surface area contributed by atoms with Gasteiger partial charge in [0.15, 0.2) is 0 Å². The minimum absolute atomic E-state index is 0.430. The number of likely N-dealkylation sites (N-methyl/N-ethyl adjacent to an activating group) is 1. The van der Waals surface area contributed by atoms with Crippen LogP contribution in [0.2, 0.25) is 0 Å². The van der Waals surface area contributed by atoms with E-state index in [4.69, 9.17) is 4.74 Å². The van der Waals surface area contributed by atoms with Crippen LogP contribution in [0.15, 0.2) is 0 Å². The molecule has 2 nitrogen and oxygen atoms in total. The lowest BCUT2D eigenvalue weighted by Gasteiger charge is -2.43. The van der Waals surface area contributed by atoms with Gasteiger partial charge in [-0.1, -0.05) is 20.8 Å². The Balaban J connectivity index is 1.93. The third-order valence-corrected chi connectivity index (χ3v) is 4.81. The van der Waals surface area contributed by atoms with E-state index in [0.29, 0.717) is 23.7 Å². The van der Waals surface area contributed by atoms with Crippen LogP contribution >= 0.6 is 0 Å². The van der Waals surface area contributed by atoms with Gasteiger partial charge in [0.05, 0.1) is 12.2 Å². The van der Waals surface area contributed by atoms with Gasteiger partial charge in [0.1, 0.15) is 0 Å². The lowest BCUT2D eigenvalue weighted by Crippen LogP contribution is -2.48. The zero-order chi connectivity index (χ0) is 12.5. The maximum atomic E-state index is 6.29. The molecule has 2 rings (SSSR count). The van der Waals surface area contributed by atoms with Gasteiger partial charge in [-0.15, -0.1) is 0 Å². The molecular weight excluding hydrogens is 210 g/mol. The number of hydrogen-bond acceptors (Lipinski definition) is 2. The monoisotopic (exact) mass is 239 g/mol. The third kappa shape index (κ3) is 3.23. The van der Waals surface area contributed by atoms with E-state index in [-0.39, 0.29) is 0 Å². The van der Waals surface area contributed by atoms with Crippen LogP contribution in [-0.4, -0.2) is 25.3 Å². The highest BCUT2D eigenvalue weighted by molar-refractivity contribution is 4.90. The van der Waals surface area contributed by atoms with Crippen LogP contribution in [0.1, 0.15) is 59.3 Å². The average molecular weight is 239 g/mol. The maximum absolute atomic E-state index is 6.29. The van der Waals surface area contributed by atoms with Gasteiger partial charge in [0.25, 0.3) is 0 Å². The van der Waals surface area contributed by atoms with Crippen molar-refractivity contribution in [1.82, 2.24) is 5.32 Å². The molecular formula is C15H29NO. The summed E-state index contributed by atoms with van der Waals surface area (Å²) in [6, 6.07) is 0.578. The Kier molecular flexibility index (Phi) is 4.14. The van der Waals surface area contributed by atoms with Crippen molar-refractivity contribution < 1.29 is 4.74 Å². The van der Waals surface area contributed by atoms with E-state index in [2.05, 4.69) is 33.1 Å². The highest BCUT2D eigenvalue weighted by Gasteiger charge is 2.37. The van der Waals surface area contributed by atoms with Gasteiger partial charge in [-0.25, -0.2) is 0 Å². The largest absolute Gasteiger partial charge is 0.373 e. The van der Waals surface area contributed by atoms with E-state index in [1.165, 1.54) is 38.5 Å². The molecule has 17 heavy (non-hydrogen) atoms. The Morgan fingerprint density at radius 2 is 1.76 bits per heavy atom. The summed E-state index contributed by atoms with van der Waals surface area (Å²) >= 11 is 0. The maximum Gasteiger partial charge on any atom is 0.0734 e. The van der Waals surface area contributed by atoms with Crippen molar-refractivity contribution in [3.8, 4) is 0 Å². The zero-order valence-electron chi connectivity index (χ0n) is 12.0. The standard InChI is InChI=1S/C15H29NO/c1-15(2,3)11-8-9-13(16-4)14(10-11)17-12-6-5-7-12/h11-14,16H,5-10H2,1-4H3. The molecule has 2 saturated carbocycles. The fourth-order valence-corrected chi connectivity index (χ4v) is 3.15. The highest BCUT2D eigenvalue weighted by Crippen LogP contribution is 2.40.